The zero-order valence-corrected chi connectivity index (χ0v) is 21.5. The molecule has 5 rings (SSSR count). The fourth-order valence-electron chi connectivity index (χ4n) is 5.01. The molecule has 0 saturated heterocycles. The molecule has 0 spiro atoms. The lowest BCUT2D eigenvalue weighted by atomic mass is 9.96. The summed E-state index contributed by atoms with van der Waals surface area (Å²) in [5, 5.41) is 20.3. The van der Waals surface area contributed by atoms with Crippen molar-refractivity contribution in [2.75, 3.05) is 0 Å². The summed E-state index contributed by atoms with van der Waals surface area (Å²) in [7, 11) is 0. The number of aliphatic hydroxyl groups is 1. The first-order valence-electron chi connectivity index (χ1n) is 12.4. The minimum Gasteiger partial charge on any atom is -0.386 e. The van der Waals surface area contributed by atoms with Gasteiger partial charge < -0.3 is 5.11 Å². The molecular weight excluding hydrogens is 436 g/mol. The second kappa shape index (κ2) is 8.72. The van der Waals surface area contributed by atoms with Gasteiger partial charge in [0.25, 0.3) is 0 Å². The zero-order valence-electron chi connectivity index (χ0n) is 21.5. The van der Waals surface area contributed by atoms with Crippen molar-refractivity contribution in [1.82, 2.24) is 29.5 Å². The van der Waals surface area contributed by atoms with Crippen LogP contribution in [-0.4, -0.2) is 34.6 Å². The Labute approximate surface area is 206 Å². The molecule has 0 amide bonds. The predicted molar refractivity (Wildman–Crippen MR) is 137 cm³/mol. The molecule has 3 aromatic heterocycles. The summed E-state index contributed by atoms with van der Waals surface area (Å²) in [4.78, 5) is 9.09. The molecule has 7 heteroatoms. The van der Waals surface area contributed by atoms with Crippen molar-refractivity contribution in [2.45, 2.75) is 73.0 Å². The quantitative estimate of drug-likeness (QED) is 0.412. The second-order valence-electron chi connectivity index (χ2n) is 10.5. The van der Waals surface area contributed by atoms with Crippen LogP contribution in [0.1, 0.15) is 66.2 Å². The molecule has 1 saturated carbocycles. The van der Waals surface area contributed by atoms with Crippen molar-refractivity contribution in [1.29, 1.82) is 0 Å². The molecule has 0 unspecified atom stereocenters. The van der Waals surface area contributed by atoms with Crippen LogP contribution in [0.3, 0.4) is 0 Å². The normalized spacial score (nSPS) is 14.0. The number of hydrogen-bond acceptors (Lipinski definition) is 5. The Bertz CT molecular complexity index is 1370. The van der Waals surface area contributed by atoms with Gasteiger partial charge in [0.05, 0.1) is 22.7 Å². The highest BCUT2D eigenvalue weighted by Gasteiger charge is 2.27. The molecule has 1 aliphatic carbocycles. The molecule has 182 valence electrons. The van der Waals surface area contributed by atoms with Crippen molar-refractivity contribution in [3.8, 4) is 17.1 Å². The highest BCUT2D eigenvalue weighted by atomic mass is 16.3. The number of nitrogens with zero attached hydrogens (tertiary/aromatic N) is 6. The van der Waals surface area contributed by atoms with Crippen molar-refractivity contribution in [3.63, 3.8) is 0 Å². The monoisotopic (exact) mass is 470 g/mol. The van der Waals surface area contributed by atoms with E-state index in [4.69, 9.17) is 5.10 Å². The lowest BCUT2D eigenvalue weighted by molar-refractivity contribution is 0.0772. The Morgan fingerprint density at radius 2 is 1.71 bits per heavy atom. The molecule has 0 atom stereocenters. The van der Waals surface area contributed by atoms with Gasteiger partial charge in [-0.1, -0.05) is 29.8 Å². The Balaban J connectivity index is 1.51. The molecule has 0 bridgehead atoms. The smallest absolute Gasteiger partial charge is 0.157 e. The first-order chi connectivity index (χ1) is 16.6. The lowest BCUT2D eigenvalue weighted by Crippen LogP contribution is -2.18. The van der Waals surface area contributed by atoms with Crippen LogP contribution in [0.15, 0.2) is 36.7 Å². The van der Waals surface area contributed by atoms with Crippen LogP contribution in [0.25, 0.3) is 17.1 Å². The maximum atomic E-state index is 10.6. The van der Waals surface area contributed by atoms with E-state index < -0.39 is 5.60 Å². The largest absolute Gasteiger partial charge is 0.386 e. The average Bonchev–Trinajstić information content (AvgIpc) is 3.49. The third-order valence-electron chi connectivity index (χ3n) is 6.95. The van der Waals surface area contributed by atoms with E-state index in [0.717, 1.165) is 46.4 Å². The van der Waals surface area contributed by atoms with E-state index in [1.807, 2.05) is 19.9 Å². The van der Waals surface area contributed by atoms with Crippen LogP contribution in [0, 0.1) is 33.6 Å². The van der Waals surface area contributed by atoms with Crippen LogP contribution in [0.5, 0.6) is 0 Å². The fourth-order valence-corrected chi connectivity index (χ4v) is 5.01. The SMILES string of the molecule is Cc1ccc(-c2nn(CC3CC3)c(Cc3cc(-n4nc(C)c(C(C)(C)O)c4C)ncn3)c2C)cc1. The van der Waals surface area contributed by atoms with Gasteiger partial charge in [0.15, 0.2) is 5.82 Å². The van der Waals surface area contributed by atoms with Crippen molar-refractivity contribution < 1.29 is 5.11 Å². The van der Waals surface area contributed by atoms with Gasteiger partial charge in [-0.15, -0.1) is 0 Å². The molecule has 1 fully saturated rings. The van der Waals surface area contributed by atoms with E-state index in [2.05, 4.69) is 57.9 Å². The van der Waals surface area contributed by atoms with Crippen LogP contribution in [0.4, 0.5) is 0 Å². The molecule has 3 heterocycles. The molecule has 1 aromatic carbocycles. The summed E-state index contributed by atoms with van der Waals surface area (Å²) >= 11 is 0. The van der Waals surface area contributed by atoms with Gasteiger partial charge >= 0.3 is 0 Å². The number of hydrogen-bond donors (Lipinski definition) is 1. The molecule has 1 aliphatic rings. The van der Waals surface area contributed by atoms with Gasteiger partial charge in [-0.2, -0.15) is 10.2 Å². The molecule has 35 heavy (non-hydrogen) atoms. The summed E-state index contributed by atoms with van der Waals surface area (Å²) in [5.74, 6) is 1.42. The molecule has 0 aliphatic heterocycles. The number of aryl methyl sites for hydroxylation is 2. The summed E-state index contributed by atoms with van der Waals surface area (Å²) in [6.07, 6.45) is 4.82. The summed E-state index contributed by atoms with van der Waals surface area (Å²) < 4.78 is 4.00. The first kappa shape index (κ1) is 23.4. The van der Waals surface area contributed by atoms with Crippen LogP contribution in [0.2, 0.25) is 0 Å². The number of benzene rings is 1. The third kappa shape index (κ3) is 4.65. The minimum atomic E-state index is -0.971. The highest BCUT2D eigenvalue weighted by molar-refractivity contribution is 5.64. The third-order valence-corrected chi connectivity index (χ3v) is 6.95. The van der Waals surface area contributed by atoms with Gasteiger partial charge in [0.1, 0.15) is 6.33 Å². The lowest BCUT2D eigenvalue weighted by Gasteiger charge is -2.18. The maximum absolute atomic E-state index is 10.6. The molecule has 1 N–H and O–H groups in total. The Morgan fingerprint density at radius 3 is 2.34 bits per heavy atom. The topological polar surface area (TPSA) is 81.7 Å². The van der Waals surface area contributed by atoms with Crippen LogP contribution in [-0.2, 0) is 18.6 Å². The Hall–Kier alpha value is -3.32. The molecule has 4 aromatic rings. The minimum absolute atomic E-state index is 0.671. The van der Waals surface area contributed by atoms with Gasteiger partial charge in [-0.3, -0.25) is 4.68 Å². The van der Waals surface area contributed by atoms with E-state index in [9.17, 15) is 5.11 Å². The van der Waals surface area contributed by atoms with E-state index in [1.165, 1.54) is 29.7 Å². The predicted octanol–water partition coefficient (Wildman–Crippen LogP) is 4.99. The Morgan fingerprint density at radius 1 is 1.00 bits per heavy atom. The summed E-state index contributed by atoms with van der Waals surface area (Å²) in [6.45, 7) is 12.7. The second-order valence-corrected chi connectivity index (χ2v) is 10.5. The molecule has 0 radical (unpaired) electrons. The summed E-state index contributed by atoms with van der Waals surface area (Å²) in [5.41, 5.74) is 8.30. The van der Waals surface area contributed by atoms with Gasteiger partial charge in [0.2, 0.25) is 0 Å². The average molecular weight is 471 g/mol. The Kier molecular flexibility index (Phi) is 5.83. The standard InChI is InChI=1S/C28H34N6O/c1-17-7-11-22(12-8-17)27-18(2)24(33(32-27)15-21-9-10-21)13-23-14-25(30-16-29-23)34-20(4)26(19(3)31-34)28(5,6)35/h7-8,11-12,14,16,21,35H,9-10,13,15H2,1-6H3. The number of rotatable bonds is 7. The number of aromatic nitrogens is 6. The zero-order chi connectivity index (χ0) is 24.9. The van der Waals surface area contributed by atoms with Crippen LogP contribution < -0.4 is 0 Å². The highest BCUT2D eigenvalue weighted by Crippen LogP contribution is 2.34. The summed E-state index contributed by atoms with van der Waals surface area (Å²) in [6, 6.07) is 10.6. The van der Waals surface area contributed by atoms with Gasteiger partial charge in [-0.05, 0) is 65.9 Å². The van der Waals surface area contributed by atoms with Crippen molar-refractivity contribution >= 4 is 0 Å². The van der Waals surface area contributed by atoms with E-state index in [0.29, 0.717) is 12.2 Å². The van der Waals surface area contributed by atoms with Gasteiger partial charge in [0, 0.05) is 41.5 Å². The van der Waals surface area contributed by atoms with Gasteiger partial charge in [-0.25, -0.2) is 14.6 Å². The van der Waals surface area contributed by atoms with Crippen molar-refractivity contribution in [2.24, 2.45) is 5.92 Å². The first-order valence-corrected chi connectivity index (χ1v) is 12.4. The molecular formula is C28H34N6O. The van der Waals surface area contributed by atoms with Crippen LogP contribution >= 0.6 is 0 Å². The van der Waals surface area contributed by atoms with E-state index in [1.54, 1.807) is 24.9 Å². The fraction of sp³-hybridized carbons (Fsp3) is 0.429. The maximum Gasteiger partial charge on any atom is 0.157 e. The van der Waals surface area contributed by atoms with E-state index in [-0.39, 0.29) is 0 Å². The van der Waals surface area contributed by atoms with E-state index >= 15 is 0 Å². The van der Waals surface area contributed by atoms with Crippen molar-refractivity contribution in [3.05, 3.63) is 76.1 Å². The molecule has 7 nitrogen and oxygen atoms in total.